The molecule has 0 bridgehead atoms. The maximum Gasteiger partial charge on any atom is 0.173 e. The predicted octanol–water partition coefficient (Wildman–Crippen LogP) is 0.137. The molecule has 2 aromatic heterocycles. The molecular formula is C11H13FN4O3S. The summed E-state index contributed by atoms with van der Waals surface area (Å²) in [4.78, 5) is 12.3. The zero-order valence-corrected chi connectivity index (χ0v) is 11.4. The van der Waals surface area contributed by atoms with Crippen molar-refractivity contribution in [1.29, 1.82) is 0 Å². The fourth-order valence-corrected chi connectivity index (χ4v) is 2.73. The first-order valence-electron chi connectivity index (χ1n) is 5.97. The number of hydrogen-bond acceptors (Lipinski definition) is 7. The van der Waals surface area contributed by atoms with Crippen molar-refractivity contribution in [2.24, 2.45) is 0 Å². The quantitative estimate of drug-likeness (QED) is 0.615. The summed E-state index contributed by atoms with van der Waals surface area (Å²) in [5, 5.41) is 19.4. The molecule has 1 saturated heterocycles. The second-order valence-electron chi connectivity index (χ2n) is 4.39. The summed E-state index contributed by atoms with van der Waals surface area (Å²) in [7, 11) is 0. The van der Waals surface area contributed by atoms with Gasteiger partial charge in [0.1, 0.15) is 29.1 Å². The van der Waals surface area contributed by atoms with Crippen molar-refractivity contribution in [1.82, 2.24) is 19.5 Å². The van der Waals surface area contributed by atoms with Gasteiger partial charge in [-0.25, -0.2) is 19.3 Å². The van der Waals surface area contributed by atoms with Crippen LogP contribution < -0.4 is 0 Å². The van der Waals surface area contributed by atoms with Gasteiger partial charge in [-0.05, 0) is 6.26 Å². The number of imidazole rings is 1. The van der Waals surface area contributed by atoms with Gasteiger partial charge in [0.15, 0.2) is 18.0 Å². The van der Waals surface area contributed by atoms with E-state index in [1.807, 2.05) is 6.26 Å². The zero-order chi connectivity index (χ0) is 14.3. The van der Waals surface area contributed by atoms with E-state index in [0.717, 1.165) is 0 Å². The van der Waals surface area contributed by atoms with Gasteiger partial charge in [0.25, 0.3) is 0 Å². The Bertz CT molecular complexity index is 625. The Morgan fingerprint density at radius 3 is 2.90 bits per heavy atom. The van der Waals surface area contributed by atoms with Gasteiger partial charge in [0, 0.05) is 0 Å². The number of halogens is 1. The molecule has 1 aliphatic heterocycles. The lowest BCUT2D eigenvalue weighted by Crippen LogP contribution is -2.30. The maximum atomic E-state index is 14.1. The van der Waals surface area contributed by atoms with Crippen molar-refractivity contribution in [3.8, 4) is 0 Å². The van der Waals surface area contributed by atoms with E-state index in [-0.39, 0.29) is 0 Å². The molecule has 0 aromatic carbocycles. The minimum absolute atomic E-state index is 0.433. The van der Waals surface area contributed by atoms with Crippen LogP contribution >= 0.6 is 11.8 Å². The number of alkyl halides is 1. The van der Waals surface area contributed by atoms with E-state index < -0.39 is 31.2 Å². The van der Waals surface area contributed by atoms with Gasteiger partial charge >= 0.3 is 0 Å². The second kappa shape index (κ2) is 5.24. The van der Waals surface area contributed by atoms with Gasteiger partial charge < -0.3 is 14.9 Å². The second-order valence-corrected chi connectivity index (χ2v) is 5.18. The van der Waals surface area contributed by atoms with Crippen molar-refractivity contribution in [2.75, 3.05) is 12.9 Å². The molecule has 3 rings (SSSR count). The Hall–Kier alpha value is -1.29. The number of aliphatic hydroxyl groups excluding tert-OH is 2. The van der Waals surface area contributed by atoms with Crippen LogP contribution in [0.3, 0.4) is 0 Å². The van der Waals surface area contributed by atoms with Gasteiger partial charge in [-0.2, -0.15) is 0 Å². The van der Waals surface area contributed by atoms with E-state index in [9.17, 15) is 9.50 Å². The molecule has 0 amide bonds. The van der Waals surface area contributed by atoms with Crippen molar-refractivity contribution < 1.29 is 19.3 Å². The summed E-state index contributed by atoms with van der Waals surface area (Å²) in [5.74, 6) is 0. The van der Waals surface area contributed by atoms with E-state index in [1.54, 1.807) is 0 Å². The van der Waals surface area contributed by atoms with Gasteiger partial charge in [-0.1, -0.05) is 0 Å². The average molecular weight is 300 g/mol. The summed E-state index contributed by atoms with van der Waals surface area (Å²) in [6.45, 7) is -0.449. The first-order chi connectivity index (χ1) is 9.67. The Kier molecular flexibility index (Phi) is 3.59. The molecule has 20 heavy (non-hydrogen) atoms. The average Bonchev–Trinajstić information content (AvgIpc) is 3.01. The molecule has 2 aromatic rings. The summed E-state index contributed by atoms with van der Waals surface area (Å²) in [5.41, 5.74) is 0.987. The zero-order valence-electron chi connectivity index (χ0n) is 10.5. The van der Waals surface area contributed by atoms with Crippen molar-refractivity contribution in [2.45, 2.75) is 29.6 Å². The van der Waals surface area contributed by atoms with Crippen molar-refractivity contribution in [3.05, 3.63) is 12.7 Å². The van der Waals surface area contributed by atoms with Crippen LogP contribution in [0.15, 0.2) is 17.7 Å². The molecule has 7 nitrogen and oxygen atoms in total. The molecule has 0 aliphatic carbocycles. The highest BCUT2D eigenvalue weighted by Crippen LogP contribution is 2.34. The van der Waals surface area contributed by atoms with Crippen LogP contribution in [-0.2, 0) is 4.74 Å². The summed E-state index contributed by atoms with van der Waals surface area (Å²) in [6.07, 6.45) is -0.402. The highest BCUT2D eigenvalue weighted by molar-refractivity contribution is 7.98. The number of thioether (sulfide) groups is 1. The molecule has 1 aliphatic rings. The van der Waals surface area contributed by atoms with E-state index in [1.165, 1.54) is 29.0 Å². The number of rotatable bonds is 3. The number of fused-ring (bicyclic) bond motifs is 1. The van der Waals surface area contributed by atoms with Crippen LogP contribution in [0.1, 0.15) is 6.23 Å². The standard InChI is InChI=1S/C11H13FN4O3S/c1-20-10-7-9(13-3-14-10)16(4-15-7)11-6(12)8(18)5(2-17)19-11/h3-6,8,11,17-18H,2H2,1H3/t5-,6-,8?,11-/m1/s1. The minimum Gasteiger partial charge on any atom is -0.394 e. The third kappa shape index (κ3) is 1.97. The Balaban J connectivity index is 2.03. The number of ether oxygens (including phenoxy) is 1. The normalized spacial score (nSPS) is 30.2. The fraction of sp³-hybridized carbons (Fsp3) is 0.545. The molecule has 0 spiro atoms. The minimum atomic E-state index is -1.66. The Morgan fingerprint density at radius 2 is 2.25 bits per heavy atom. The largest absolute Gasteiger partial charge is 0.394 e. The van der Waals surface area contributed by atoms with Crippen LogP contribution in [0.25, 0.3) is 11.2 Å². The smallest absolute Gasteiger partial charge is 0.173 e. The third-order valence-electron chi connectivity index (χ3n) is 3.27. The highest BCUT2D eigenvalue weighted by Gasteiger charge is 2.45. The summed E-state index contributed by atoms with van der Waals surface area (Å²) >= 11 is 1.41. The van der Waals surface area contributed by atoms with Crippen molar-refractivity contribution in [3.63, 3.8) is 0 Å². The van der Waals surface area contributed by atoms with E-state index in [4.69, 9.17) is 9.84 Å². The van der Waals surface area contributed by atoms with Gasteiger partial charge in [0.2, 0.25) is 0 Å². The third-order valence-corrected chi connectivity index (χ3v) is 3.95. The lowest BCUT2D eigenvalue weighted by atomic mass is 10.1. The van der Waals surface area contributed by atoms with Crippen LogP contribution in [0.5, 0.6) is 0 Å². The molecule has 3 heterocycles. The van der Waals surface area contributed by atoms with Crippen LogP contribution in [0, 0.1) is 0 Å². The molecule has 0 radical (unpaired) electrons. The van der Waals surface area contributed by atoms with Crippen molar-refractivity contribution >= 4 is 22.9 Å². The Labute approximate surface area is 117 Å². The number of aromatic nitrogens is 4. The molecule has 108 valence electrons. The van der Waals surface area contributed by atoms with Gasteiger partial charge in [-0.15, -0.1) is 11.8 Å². The highest BCUT2D eigenvalue weighted by atomic mass is 32.2. The Morgan fingerprint density at radius 1 is 1.45 bits per heavy atom. The number of aliphatic hydroxyl groups is 2. The van der Waals surface area contributed by atoms with E-state index in [2.05, 4.69) is 15.0 Å². The lowest BCUT2D eigenvalue weighted by molar-refractivity contribution is -0.0459. The van der Waals surface area contributed by atoms with E-state index in [0.29, 0.717) is 16.2 Å². The molecule has 4 atom stereocenters. The number of nitrogens with zero attached hydrogens (tertiary/aromatic N) is 4. The van der Waals surface area contributed by atoms with E-state index >= 15 is 0 Å². The summed E-state index contributed by atoms with van der Waals surface area (Å²) < 4.78 is 20.9. The molecular weight excluding hydrogens is 287 g/mol. The first kappa shape index (κ1) is 13.7. The molecule has 9 heteroatoms. The topological polar surface area (TPSA) is 93.3 Å². The molecule has 1 unspecified atom stereocenters. The SMILES string of the molecule is CSc1ncnc2c1ncn2[C@@H]1O[C@H](CO)C(O)[C@H]1F. The van der Waals surface area contributed by atoms with Gasteiger partial charge in [-0.3, -0.25) is 4.57 Å². The monoisotopic (exact) mass is 300 g/mol. The molecule has 1 fully saturated rings. The maximum absolute atomic E-state index is 14.1. The molecule has 2 N–H and O–H groups in total. The molecule has 0 saturated carbocycles. The predicted molar refractivity (Wildman–Crippen MR) is 69.0 cm³/mol. The fourth-order valence-electron chi connectivity index (χ4n) is 2.24. The van der Waals surface area contributed by atoms with Crippen LogP contribution in [0.4, 0.5) is 4.39 Å². The summed E-state index contributed by atoms with van der Waals surface area (Å²) in [6, 6.07) is 0. The van der Waals surface area contributed by atoms with Crippen LogP contribution in [-0.4, -0.2) is 61.0 Å². The lowest BCUT2D eigenvalue weighted by Gasteiger charge is -2.14. The van der Waals surface area contributed by atoms with Gasteiger partial charge in [0.05, 0.1) is 12.9 Å². The number of hydrogen-bond donors (Lipinski definition) is 2. The first-order valence-corrected chi connectivity index (χ1v) is 7.19. The van der Waals surface area contributed by atoms with Crippen LogP contribution in [0.2, 0.25) is 0 Å².